The molecule has 1 fully saturated rings. The molecule has 1 saturated heterocycles. The number of anilines is 4. The van der Waals surface area contributed by atoms with Crippen LogP contribution in [0, 0.1) is 17.7 Å². The van der Waals surface area contributed by atoms with Crippen LogP contribution in [0.3, 0.4) is 0 Å². The minimum Gasteiger partial charge on any atom is -0.488 e. The number of amides is 3. The van der Waals surface area contributed by atoms with Gasteiger partial charge in [-0.1, -0.05) is 62.7 Å². The van der Waals surface area contributed by atoms with Gasteiger partial charge in [-0.25, -0.2) is 19.7 Å². The standard InChI is InChI=1S/C42H48N10O3/c1-27-10-12-29(13-11-27)47-38(23-36(43)42(2,3)4)51-41(54)49-33-14-15-35(32-9-7-6-8-31(32)33)55-26-28-16-19-44-37(22-28)50-39-25-45-34(24-46-39)40(53)48-30-17-20-52(5)21-18-30/h6-16,19,22-25,30,43,47H,17-18,20-21,26H2,1-5H3,(H,48,53)(H,44,46,50)(H2,49,51,54)/b38-23+,43-36?. The van der Waals surface area contributed by atoms with E-state index in [4.69, 9.17) is 10.1 Å². The van der Waals surface area contributed by atoms with Gasteiger partial charge in [-0.3, -0.25) is 10.1 Å². The minimum atomic E-state index is -0.460. The molecule has 3 amide bonds. The van der Waals surface area contributed by atoms with E-state index in [1.54, 1.807) is 18.3 Å². The van der Waals surface area contributed by atoms with Crippen LogP contribution in [0.2, 0.25) is 0 Å². The first kappa shape index (κ1) is 38.4. The summed E-state index contributed by atoms with van der Waals surface area (Å²) in [4.78, 5) is 41.4. The van der Waals surface area contributed by atoms with E-state index in [0.717, 1.165) is 53.5 Å². The van der Waals surface area contributed by atoms with Crippen molar-refractivity contribution in [1.82, 2.24) is 30.5 Å². The van der Waals surface area contributed by atoms with Crippen LogP contribution in [-0.4, -0.2) is 63.7 Å². The van der Waals surface area contributed by atoms with E-state index in [0.29, 0.717) is 34.6 Å². The summed E-state index contributed by atoms with van der Waals surface area (Å²) in [6.45, 7) is 10.0. The Morgan fingerprint density at radius 2 is 1.65 bits per heavy atom. The molecule has 2 aromatic heterocycles. The molecule has 6 N–H and O–H groups in total. The fourth-order valence-electron chi connectivity index (χ4n) is 5.89. The van der Waals surface area contributed by atoms with Crippen molar-refractivity contribution in [3.8, 4) is 5.75 Å². The smallest absolute Gasteiger partial charge is 0.324 e. The zero-order chi connectivity index (χ0) is 39.0. The SMILES string of the molecule is Cc1ccc(N/C(=C\C(=N)C(C)(C)C)NC(=O)Nc2ccc(OCc3ccnc(Nc4cnc(C(=O)NC5CCN(C)CC5)cn4)c3)c3ccccc23)cc1. The van der Waals surface area contributed by atoms with E-state index in [2.05, 4.69) is 53.5 Å². The fourth-order valence-corrected chi connectivity index (χ4v) is 5.89. The third-order valence-electron chi connectivity index (χ3n) is 9.22. The summed E-state index contributed by atoms with van der Waals surface area (Å²) in [6.07, 6.45) is 8.13. The average Bonchev–Trinajstić information content (AvgIpc) is 3.16. The Morgan fingerprint density at radius 1 is 0.909 bits per heavy atom. The van der Waals surface area contributed by atoms with Crippen LogP contribution in [0.15, 0.2) is 103 Å². The maximum Gasteiger partial charge on any atom is 0.324 e. The van der Waals surface area contributed by atoms with Crippen LogP contribution < -0.4 is 31.3 Å². The van der Waals surface area contributed by atoms with Crippen LogP contribution in [0.5, 0.6) is 5.75 Å². The van der Waals surface area contributed by atoms with Crippen molar-refractivity contribution < 1.29 is 14.3 Å². The van der Waals surface area contributed by atoms with Crippen molar-refractivity contribution >= 4 is 51.4 Å². The van der Waals surface area contributed by atoms with Gasteiger partial charge in [0.25, 0.3) is 5.91 Å². The van der Waals surface area contributed by atoms with Gasteiger partial charge in [0, 0.05) is 45.9 Å². The number of carbonyl (C=O) groups is 2. The highest BCUT2D eigenvalue weighted by atomic mass is 16.5. The topological polar surface area (TPSA) is 169 Å². The first-order valence-electron chi connectivity index (χ1n) is 18.3. The van der Waals surface area contributed by atoms with Crippen molar-refractivity contribution in [2.24, 2.45) is 5.41 Å². The Balaban J connectivity index is 1.08. The summed E-state index contributed by atoms with van der Waals surface area (Å²) in [5, 5.41) is 25.5. The number of likely N-dealkylation sites (tertiary alicyclic amines) is 1. The summed E-state index contributed by atoms with van der Waals surface area (Å²) in [5.74, 6) is 1.81. The predicted molar refractivity (Wildman–Crippen MR) is 218 cm³/mol. The second-order valence-electron chi connectivity index (χ2n) is 14.7. The van der Waals surface area contributed by atoms with Gasteiger partial charge in [0.2, 0.25) is 0 Å². The number of carbonyl (C=O) groups excluding carboxylic acids is 2. The monoisotopic (exact) mass is 740 g/mol. The molecule has 3 heterocycles. The molecule has 284 valence electrons. The van der Waals surface area contributed by atoms with E-state index in [1.165, 1.54) is 12.4 Å². The van der Waals surface area contributed by atoms with Gasteiger partial charge in [0.05, 0.1) is 18.1 Å². The van der Waals surface area contributed by atoms with Gasteiger partial charge in [0.1, 0.15) is 35.5 Å². The van der Waals surface area contributed by atoms with Crippen molar-refractivity contribution in [2.75, 3.05) is 36.1 Å². The summed E-state index contributed by atoms with van der Waals surface area (Å²) < 4.78 is 6.29. The third kappa shape index (κ3) is 10.6. The number of urea groups is 1. The number of ether oxygens (including phenoxy) is 1. The molecule has 0 spiro atoms. The van der Waals surface area contributed by atoms with Gasteiger partial charge in [-0.05, 0) is 81.9 Å². The molecular weight excluding hydrogens is 693 g/mol. The number of aryl methyl sites for hydroxylation is 1. The van der Waals surface area contributed by atoms with Gasteiger partial charge in [0.15, 0.2) is 0 Å². The average molecular weight is 741 g/mol. The quantitative estimate of drug-likeness (QED) is 0.0705. The Kier molecular flexibility index (Phi) is 12.0. The molecule has 13 nitrogen and oxygen atoms in total. The van der Waals surface area contributed by atoms with Gasteiger partial charge < -0.3 is 36.3 Å². The summed E-state index contributed by atoms with van der Waals surface area (Å²) in [5.41, 5.74) is 3.58. The number of hydrogen-bond donors (Lipinski definition) is 6. The molecular formula is C42H48N10O3. The maximum absolute atomic E-state index is 13.4. The minimum absolute atomic E-state index is 0.140. The second kappa shape index (κ2) is 17.2. The van der Waals surface area contributed by atoms with Crippen LogP contribution in [0.25, 0.3) is 10.8 Å². The Hall–Kier alpha value is -6.34. The van der Waals surface area contributed by atoms with Crippen LogP contribution >= 0.6 is 0 Å². The molecule has 6 rings (SSSR count). The van der Waals surface area contributed by atoms with Crippen molar-refractivity contribution in [2.45, 2.75) is 53.2 Å². The molecule has 0 bridgehead atoms. The molecule has 5 aromatic rings. The first-order valence-corrected chi connectivity index (χ1v) is 18.3. The predicted octanol–water partition coefficient (Wildman–Crippen LogP) is 7.62. The number of piperidine rings is 1. The third-order valence-corrected chi connectivity index (χ3v) is 9.22. The van der Waals surface area contributed by atoms with Gasteiger partial charge in [-0.15, -0.1) is 0 Å². The molecule has 0 aliphatic carbocycles. The van der Waals surface area contributed by atoms with Gasteiger partial charge in [-0.2, -0.15) is 0 Å². The van der Waals surface area contributed by atoms with Crippen LogP contribution in [0.1, 0.15) is 55.2 Å². The summed E-state index contributed by atoms with van der Waals surface area (Å²) >= 11 is 0. The molecule has 1 aliphatic rings. The molecule has 1 aliphatic heterocycles. The van der Waals surface area contributed by atoms with E-state index in [-0.39, 0.29) is 24.2 Å². The number of benzene rings is 3. The number of nitrogens with one attached hydrogen (secondary N) is 6. The first-order chi connectivity index (χ1) is 26.4. The zero-order valence-corrected chi connectivity index (χ0v) is 31.9. The fraction of sp³-hybridized carbons (Fsp3) is 0.286. The highest BCUT2D eigenvalue weighted by Gasteiger charge is 2.20. The lowest BCUT2D eigenvalue weighted by molar-refractivity contribution is 0.0911. The molecule has 0 radical (unpaired) electrons. The summed E-state index contributed by atoms with van der Waals surface area (Å²) in [6, 6.07) is 22.5. The maximum atomic E-state index is 13.4. The number of allylic oxidation sites excluding steroid dienone is 1. The highest BCUT2D eigenvalue weighted by molar-refractivity contribution is 6.05. The van der Waals surface area contributed by atoms with E-state index in [9.17, 15) is 9.59 Å². The second-order valence-corrected chi connectivity index (χ2v) is 14.7. The van der Waals surface area contributed by atoms with Crippen molar-refractivity contribution in [3.05, 3.63) is 120 Å². The van der Waals surface area contributed by atoms with E-state index < -0.39 is 11.4 Å². The number of rotatable bonds is 12. The summed E-state index contributed by atoms with van der Waals surface area (Å²) in [7, 11) is 2.08. The normalized spacial score (nSPS) is 13.9. The van der Waals surface area contributed by atoms with Crippen LogP contribution in [0.4, 0.5) is 27.8 Å². The van der Waals surface area contributed by atoms with E-state index >= 15 is 0 Å². The lowest BCUT2D eigenvalue weighted by atomic mass is 9.90. The molecule has 0 saturated carbocycles. The molecule has 3 aromatic carbocycles. The largest absolute Gasteiger partial charge is 0.488 e. The number of aromatic nitrogens is 3. The lowest BCUT2D eigenvalue weighted by Gasteiger charge is -2.29. The van der Waals surface area contributed by atoms with Crippen LogP contribution in [-0.2, 0) is 6.61 Å². The molecule has 0 unspecified atom stereocenters. The van der Waals surface area contributed by atoms with Gasteiger partial charge >= 0.3 is 6.03 Å². The lowest BCUT2D eigenvalue weighted by Crippen LogP contribution is -2.43. The molecule has 0 atom stereocenters. The molecule has 13 heteroatoms. The van der Waals surface area contributed by atoms with Crippen molar-refractivity contribution in [3.63, 3.8) is 0 Å². The number of pyridine rings is 1. The number of fused-ring (bicyclic) bond motifs is 1. The Bertz CT molecular complexity index is 2170. The number of hydrogen-bond acceptors (Lipinski definition) is 10. The molecule has 55 heavy (non-hydrogen) atoms. The van der Waals surface area contributed by atoms with E-state index in [1.807, 2.05) is 94.4 Å². The van der Waals surface area contributed by atoms with Crippen molar-refractivity contribution in [1.29, 1.82) is 5.41 Å². The Labute approximate surface area is 321 Å². The highest BCUT2D eigenvalue weighted by Crippen LogP contribution is 2.32. The zero-order valence-electron chi connectivity index (χ0n) is 31.9. The number of nitrogens with zero attached hydrogens (tertiary/aromatic N) is 4. The Morgan fingerprint density at radius 3 is 2.36 bits per heavy atom.